The van der Waals surface area contributed by atoms with Gasteiger partial charge in [-0.1, -0.05) is 18.2 Å². The summed E-state index contributed by atoms with van der Waals surface area (Å²) in [5.74, 6) is 0.499. The Bertz CT molecular complexity index is 490. The second-order valence-electron chi connectivity index (χ2n) is 6.27. The monoisotopic (exact) mass is 303 g/mol. The Labute approximate surface area is 131 Å². The van der Waals surface area contributed by atoms with Gasteiger partial charge < -0.3 is 20.2 Å². The van der Waals surface area contributed by atoms with E-state index in [-0.39, 0.29) is 12.6 Å². The van der Waals surface area contributed by atoms with Crippen LogP contribution in [0.25, 0.3) is 0 Å². The van der Waals surface area contributed by atoms with Crippen LogP contribution in [-0.2, 0) is 0 Å². The minimum Gasteiger partial charge on any atom is -0.395 e. The molecule has 0 bridgehead atoms. The van der Waals surface area contributed by atoms with Crippen molar-refractivity contribution in [3.63, 3.8) is 0 Å². The van der Waals surface area contributed by atoms with Gasteiger partial charge >= 0.3 is 6.03 Å². The molecule has 0 aromatic heterocycles. The van der Waals surface area contributed by atoms with Crippen LogP contribution >= 0.6 is 0 Å². The lowest BCUT2D eigenvalue weighted by atomic mass is 10.1. The highest BCUT2D eigenvalue weighted by Crippen LogP contribution is 2.27. The fraction of sp³-hybridized carbons (Fsp3) is 0.588. The maximum absolute atomic E-state index is 12.2. The maximum Gasteiger partial charge on any atom is 0.317 e. The van der Waals surface area contributed by atoms with Crippen LogP contribution in [0.15, 0.2) is 30.3 Å². The lowest BCUT2D eigenvalue weighted by molar-refractivity contribution is 0.172. The number of rotatable bonds is 6. The number of aliphatic hydroxyl groups is 1. The third-order valence-electron chi connectivity index (χ3n) is 4.54. The summed E-state index contributed by atoms with van der Waals surface area (Å²) in [6.45, 7) is 3.24. The first kappa shape index (κ1) is 15.2. The lowest BCUT2D eigenvalue weighted by Gasteiger charge is -2.23. The first-order chi connectivity index (χ1) is 10.8. The number of hydrogen-bond acceptors (Lipinski definition) is 3. The Morgan fingerprint density at radius 1 is 1.27 bits per heavy atom. The molecule has 2 fully saturated rings. The zero-order chi connectivity index (χ0) is 15.4. The highest BCUT2D eigenvalue weighted by atomic mass is 16.3. The molecular formula is C17H25N3O2. The van der Waals surface area contributed by atoms with Crippen molar-refractivity contribution in [2.45, 2.75) is 25.3 Å². The van der Waals surface area contributed by atoms with E-state index in [1.165, 1.54) is 5.69 Å². The van der Waals surface area contributed by atoms with Crippen LogP contribution in [0, 0.1) is 5.92 Å². The molecule has 120 valence electrons. The highest BCUT2D eigenvalue weighted by molar-refractivity contribution is 5.75. The van der Waals surface area contributed by atoms with Gasteiger partial charge in [0, 0.05) is 37.9 Å². The number of urea groups is 1. The quantitative estimate of drug-likeness (QED) is 0.841. The van der Waals surface area contributed by atoms with Gasteiger partial charge in [0.2, 0.25) is 0 Å². The Balaban J connectivity index is 1.45. The van der Waals surface area contributed by atoms with E-state index in [0.717, 1.165) is 38.9 Å². The fourth-order valence-corrected chi connectivity index (χ4v) is 3.15. The average molecular weight is 303 g/mol. The average Bonchev–Trinajstić information content (AvgIpc) is 3.28. The summed E-state index contributed by atoms with van der Waals surface area (Å²) >= 11 is 0. The van der Waals surface area contributed by atoms with E-state index in [4.69, 9.17) is 5.11 Å². The molecule has 1 heterocycles. The molecule has 2 N–H and O–H groups in total. The predicted octanol–water partition coefficient (Wildman–Crippen LogP) is 1.68. The summed E-state index contributed by atoms with van der Waals surface area (Å²) in [5, 5.41) is 12.1. The van der Waals surface area contributed by atoms with Gasteiger partial charge in [-0.15, -0.1) is 0 Å². The minimum atomic E-state index is -0.0188. The van der Waals surface area contributed by atoms with E-state index in [1.54, 1.807) is 4.90 Å². The SMILES string of the molecule is O=C(NCC1CCN(c2ccccc2)C1)N(CCO)C1CC1. The molecule has 2 amide bonds. The largest absolute Gasteiger partial charge is 0.395 e. The van der Waals surface area contributed by atoms with Gasteiger partial charge in [0.25, 0.3) is 0 Å². The molecule has 22 heavy (non-hydrogen) atoms. The van der Waals surface area contributed by atoms with Crippen LogP contribution in [-0.4, -0.2) is 54.9 Å². The number of amides is 2. The van der Waals surface area contributed by atoms with Crippen molar-refractivity contribution in [1.82, 2.24) is 10.2 Å². The Kier molecular flexibility index (Phi) is 4.83. The van der Waals surface area contributed by atoms with Crippen molar-refractivity contribution in [3.05, 3.63) is 30.3 Å². The van der Waals surface area contributed by atoms with Crippen LogP contribution in [0.4, 0.5) is 10.5 Å². The Hall–Kier alpha value is -1.75. The van der Waals surface area contributed by atoms with Gasteiger partial charge in [-0.3, -0.25) is 0 Å². The summed E-state index contributed by atoms with van der Waals surface area (Å²) in [7, 11) is 0. The highest BCUT2D eigenvalue weighted by Gasteiger charge is 2.32. The molecule has 1 aliphatic carbocycles. The molecule has 3 rings (SSSR count). The number of carbonyl (C=O) groups excluding carboxylic acids is 1. The number of aliphatic hydroxyl groups excluding tert-OH is 1. The molecule has 2 aliphatic rings. The van der Waals surface area contributed by atoms with E-state index in [0.29, 0.717) is 18.5 Å². The van der Waals surface area contributed by atoms with E-state index in [1.807, 2.05) is 6.07 Å². The molecule has 1 aromatic carbocycles. The van der Waals surface area contributed by atoms with Crippen LogP contribution in [0.1, 0.15) is 19.3 Å². The number of nitrogens with one attached hydrogen (secondary N) is 1. The molecule has 1 saturated carbocycles. The van der Waals surface area contributed by atoms with Gasteiger partial charge in [0.05, 0.1) is 6.61 Å². The zero-order valence-electron chi connectivity index (χ0n) is 12.9. The van der Waals surface area contributed by atoms with Gasteiger partial charge in [0.15, 0.2) is 0 Å². The smallest absolute Gasteiger partial charge is 0.317 e. The number of nitrogens with zero attached hydrogens (tertiary/aromatic N) is 2. The molecule has 0 spiro atoms. The van der Waals surface area contributed by atoms with Crippen molar-refractivity contribution >= 4 is 11.7 Å². The van der Waals surface area contributed by atoms with Crippen LogP contribution in [0.2, 0.25) is 0 Å². The van der Waals surface area contributed by atoms with Crippen molar-refractivity contribution in [2.24, 2.45) is 5.92 Å². The molecular weight excluding hydrogens is 278 g/mol. The summed E-state index contributed by atoms with van der Waals surface area (Å²) in [6.07, 6.45) is 3.25. The number of para-hydroxylation sites is 1. The third-order valence-corrected chi connectivity index (χ3v) is 4.54. The molecule has 0 radical (unpaired) electrons. The summed E-state index contributed by atoms with van der Waals surface area (Å²) in [4.78, 5) is 16.4. The van der Waals surface area contributed by atoms with Crippen LogP contribution in [0.3, 0.4) is 0 Å². The van der Waals surface area contributed by atoms with Gasteiger partial charge in [-0.05, 0) is 37.3 Å². The van der Waals surface area contributed by atoms with E-state index in [9.17, 15) is 4.79 Å². The standard InChI is InChI=1S/C17H25N3O2/c21-11-10-20(16-6-7-16)17(22)18-12-14-8-9-19(13-14)15-4-2-1-3-5-15/h1-5,14,16,21H,6-13H2,(H,18,22). The zero-order valence-corrected chi connectivity index (χ0v) is 12.9. The normalized spacial score (nSPS) is 21.0. The van der Waals surface area contributed by atoms with Crippen molar-refractivity contribution < 1.29 is 9.90 Å². The Morgan fingerprint density at radius 2 is 2.05 bits per heavy atom. The molecule has 1 saturated heterocycles. The molecule has 5 nitrogen and oxygen atoms in total. The lowest BCUT2D eigenvalue weighted by Crippen LogP contribution is -2.44. The van der Waals surface area contributed by atoms with Crippen molar-refractivity contribution in [3.8, 4) is 0 Å². The molecule has 1 aliphatic heterocycles. The van der Waals surface area contributed by atoms with Gasteiger partial charge in [-0.2, -0.15) is 0 Å². The maximum atomic E-state index is 12.2. The van der Waals surface area contributed by atoms with E-state index < -0.39 is 0 Å². The second-order valence-corrected chi connectivity index (χ2v) is 6.27. The summed E-state index contributed by atoms with van der Waals surface area (Å²) < 4.78 is 0. The van der Waals surface area contributed by atoms with Crippen molar-refractivity contribution in [1.29, 1.82) is 0 Å². The van der Waals surface area contributed by atoms with Gasteiger partial charge in [-0.25, -0.2) is 4.79 Å². The first-order valence-electron chi connectivity index (χ1n) is 8.23. The number of benzene rings is 1. The third kappa shape index (κ3) is 3.71. The minimum absolute atomic E-state index is 0.0188. The number of anilines is 1. The fourth-order valence-electron chi connectivity index (χ4n) is 3.15. The predicted molar refractivity (Wildman–Crippen MR) is 87.0 cm³/mol. The Morgan fingerprint density at radius 3 is 2.73 bits per heavy atom. The topological polar surface area (TPSA) is 55.8 Å². The molecule has 1 aromatic rings. The van der Waals surface area contributed by atoms with Gasteiger partial charge in [0.1, 0.15) is 0 Å². The van der Waals surface area contributed by atoms with Crippen molar-refractivity contribution in [2.75, 3.05) is 37.7 Å². The van der Waals surface area contributed by atoms with E-state index >= 15 is 0 Å². The van der Waals surface area contributed by atoms with Crippen LogP contribution in [0.5, 0.6) is 0 Å². The first-order valence-corrected chi connectivity index (χ1v) is 8.23. The molecule has 1 atom stereocenters. The van der Waals surface area contributed by atoms with E-state index in [2.05, 4.69) is 34.5 Å². The molecule has 1 unspecified atom stereocenters. The molecule has 5 heteroatoms. The number of hydrogen-bond donors (Lipinski definition) is 2. The summed E-state index contributed by atoms with van der Waals surface area (Å²) in [6, 6.07) is 10.8. The summed E-state index contributed by atoms with van der Waals surface area (Å²) in [5.41, 5.74) is 1.26. The number of carbonyl (C=O) groups is 1. The second kappa shape index (κ2) is 7.01. The van der Waals surface area contributed by atoms with Crippen LogP contribution < -0.4 is 10.2 Å².